The number of nitrogens with zero attached hydrogens (tertiary/aromatic N) is 2. The summed E-state index contributed by atoms with van der Waals surface area (Å²) in [5, 5.41) is 5.97. The van der Waals surface area contributed by atoms with Crippen molar-refractivity contribution in [2.45, 2.75) is 13.5 Å². The highest BCUT2D eigenvalue weighted by molar-refractivity contribution is 5.77. The number of methoxy groups -OCH3 is 1. The zero-order chi connectivity index (χ0) is 14.8. The third kappa shape index (κ3) is 6.49. The molecule has 0 fully saturated rings. The van der Waals surface area contributed by atoms with Gasteiger partial charge >= 0.3 is 0 Å². The van der Waals surface area contributed by atoms with Crippen LogP contribution in [0.25, 0.3) is 0 Å². The minimum Gasteiger partial charge on any atom is -0.383 e. The average molecular weight is 280 g/mol. The van der Waals surface area contributed by atoms with Crippen LogP contribution in [-0.2, 0) is 16.1 Å². The Hall–Kier alpha value is -1.66. The van der Waals surface area contributed by atoms with Gasteiger partial charge in [-0.2, -0.15) is 0 Å². The minimum atomic E-state index is -0.00705. The standard InChI is InChI=1S/C14H24N4O2/c1-4-15-13-7-5-6-12(17-13)10-18(2)11-14(19)16-8-9-20-3/h5-7H,4,8-11H2,1-3H3,(H,15,17)(H,16,19). The SMILES string of the molecule is CCNc1cccc(CN(C)CC(=O)NCCOC)n1. The van der Waals surface area contributed by atoms with Gasteiger partial charge in [-0.25, -0.2) is 4.98 Å². The topological polar surface area (TPSA) is 66.5 Å². The van der Waals surface area contributed by atoms with Crippen LogP contribution in [-0.4, -0.2) is 56.2 Å². The summed E-state index contributed by atoms with van der Waals surface area (Å²) in [6.07, 6.45) is 0. The number of anilines is 1. The predicted octanol–water partition coefficient (Wildman–Crippen LogP) is 0.708. The fourth-order valence-electron chi connectivity index (χ4n) is 1.77. The molecule has 0 unspecified atom stereocenters. The van der Waals surface area contributed by atoms with Crippen molar-refractivity contribution in [2.24, 2.45) is 0 Å². The van der Waals surface area contributed by atoms with E-state index >= 15 is 0 Å². The lowest BCUT2D eigenvalue weighted by Crippen LogP contribution is -2.36. The van der Waals surface area contributed by atoms with Crippen LogP contribution in [0, 0.1) is 0 Å². The molecule has 6 nitrogen and oxygen atoms in total. The van der Waals surface area contributed by atoms with E-state index in [0.29, 0.717) is 26.2 Å². The first-order valence-electron chi connectivity index (χ1n) is 6.79. The molecule has 0 bridgehead atoms. The molecule has 1 amide bonds. The summed E-state index contributed by atoms with van der Waals surface area (Å²) in [6.45, 7) is 4.92. The van der Waals surface area contributed by atoms with Crippen LogP contribution in [0.4, 0.5) is 5.82 Å². The van der Waals surface area contributed by atoms with Crippen LogP contribution in [0.5, 0.6) is 0 Å². The Morgan fingerprint density at radius 1 is 1.45 bits per heavy atom. The van der Waals surface area contributed by atoms with Crippen molar-refractivity contribution < 1.29 is 9.53 Å². The van der Waals surface area contributed by atoms with Gasteiger partial charge in [-0.05, 0) is 26.1 Å². The number of nitrogens with one attached hydrogen (secondary N) is 2. The number of hydrogen-bond acceptors (Lipinski definition) is 5. The number of pyridine rings is 1. The fraction of sp³-hybridized carbons (Fsp3) is 0.571. The Bertz CT molecular complexity index is 412. The maximum atomic E-state index is 11.6. The second-order valence-electron chi connectivity index (χ2n) is 4.56. The number of hydrogen-bond donors (Lipinski definition) is 2. The molecule has 0 saturated heterocycles. The highest BCUT2D eigenvalue weighted by Gasteiger charge is 2.07. The van der Waals surface area contributed by atoms with Crippen molar-refractivity contribution in [1.82, 2.24) is 15.2 Å². The average Bonchev–Trinajstić information content (AvgIpc) is 2.39. The molecule has 0 aliphatic rings. The van der Waals surface area contributed by atoms with Crippen molar-refractivity contribution >= 4 is 11.7 Å². The molecular weight excluding hydrogens is 256 g/mol. The van der Waals surface area contributed by atoms with E-state index < -0.39 is 0 Å². The Balaban J connectivity index is 2.39. The van der Waals surface area contributed by atoms with Crippen LogP contribution >= 0.6 is 0 Å². The zero-order valence-corrected chi connectivity index (χ0v) is 12.5. The zero-order valence-electron chi connectivity index (χ0n) is 12.5. The number of carbonyl (C=O) groups is 1. The second kappa shape index (κ2) is 9.28. The number of rotatable bonds is 9. The van der Waals surface area contributed by atoms with Gasteiger partial charge in [-0.3, -0.25) is 9.69 Å². The lowest BCUT2D eigenvalue weighted by molar-refractivity contribution is -0.122. The Morgan fingerprint density at radius 3 is 2.95 bits per heavy atom. The first kappa shape index (κ1) is 16.4. The van der Waals surface area contributed by atoms with Crippen molar-refractivity contribution in [2.75, 3.05) is 45.7 Å². The number of carbonyl (C=O) groups excluding carboxylic acids is 1. The minimum absolute atomic E-state index is 0.00705. The van der Waals surface area contributed by atoms with Crippen molar-refractivity contribution in [1.29, 1.82) is 0 Å². The Kier molecular flexibility index (Phi) is 7.60. The van der Waals surface area contributed by atoms with Gasteiger partial charge in [0.2, 0.25) is 5.91 Å². The van der Waals surface area contributed by atoms with Gasteiger partial charge in [-0.15, -0.1) is 0 Å². The molecule has 0 radical (unpaired) electrons. The molecule has 1 heterocycles. The van der Waals surface area contributed by atoms with E-state index in [1.54, 1.807) is 7.11 Å². The van der Waals surface area contributed by atoms with Gasteiger partial charge in [0.1, 0.15) is 5.82 Å². The summed E-state index contributed by atoms with van der Waals surface area (Å²) >= 11 is 0. The molecule has 20 heavy (non-hydrogen) atoms. The van der Waals surface area contributed by atoms with Crippen LogP contribution in [0.3, 0.4) is 0 Å². The lowest BCUT2D eigenvalue weighted by Gasteiger charge is -2.16. The predicted molar refractivity (Wildman–Crippen MR) is 79.6 cm³/mol. The van der Waals surface area contributed by atoms with Crippen molar-refractivity contribution in [3.8, 4) is 0 Å². The number of ether oxygens (including phenoxy) is 1. The van der Waals surface area contributed by atoms with E-state index in [9.17, 15) is 4.79 Å². The Morgan fingerprint density at radius 2 is 2.25 bits per heavy atom. The van der Waals surface area contributed by atoms with Crippen LogP contribution in [0.1, 0.15) is 12.6 Å². The molecule has 0 aromatic carbocycles. The van der Waals surface area contributed by atoms with Gasteiger partial charge in [0.15, 0.2) is 0 Å². The number of likely N-dealkylation sites (N-methyl/N-ethyl adjacent to an activating group) is 1. The molecule has 0 aliphatic carbocycles. The largest absolute Gasteiger partial charge is 0.383 e. The maximum Gasteiger partial charge on any atom is 0.234 e. The van der Waals surface area contributed by atoms with Crippen LogP contribution in [0.15, 0.2) is 18.2 Å². The normalized spacial score (nSPS) is 10.6. The van der Waals surface area contributed by atoms with E-state index in [4.69, 9.17) is 4.74 Å². The first-order chi connectivity index (χ1) is 9.65. The highest BCUT2D eigenvalue weighted by Crippen LogP contribution is 2.06. The molecule has 1 aromatic rings. The summed E-state index contributed by atoms with van der Waals surface area (Å²) in [7, 11) is 3.51. The number of amides is 1. The monoisotopic (exact) mass is 280 g/mol. The molecule has 0 atom stereocenters. The third-order valence-corrected chi connectivity index (χ3v) is 2.64. The summed E-state index contributed by atoms with van der Waals surface area (Å²) < 4.78 is 4.88. The van der Waals surface area contributed by atoms with Crippen molar-refractivity contribution in [3.63, 3.8) is 0 Å². The molecule has 1 rings (SSSR count). The van der Waals surface area contributed by atoms with Gasteiger partial charge in [0, 0.05) is 26.7 Å². The second-order valence-corrected chi connectivity index (χ2v) is 4.56. The van der Waals surface area contributed by atoms with E-state index in [0.717, 1.165) is 18.1 Å². The first-order valence-corrected chi connectivity index (χ1v) is 6.79. The highest BCUT2D eigenvalue weighted by atomic mass is 16.5. The van der Waals surface area contributed by atoms with Gasteiger partial charge in [0.25, 0.3) is 0 Å². The van der Waals surface area contributed by atoms with E-state index in [1.165, 1.54) is 0 Å². The summed E-state index contributed by atoms with van der Waals surface area (Å²) in [4.78, 5) is 18.1. The Labute approximate surface area is 120 Å². The summed E-state index contributed by atoms with van der Waals surface area (Å²) in [5.41, 5.74) is 0.940. The van der Waals surface area contributed by atoms with Gasteiger partial charge < -0.3 is 15.4 Å². The molecule has 2 N–H and O–H groups in total. The van der Waals surface area contributed by atoms with Gasteiger partial charge in [-0.1, -0.05) is 6.07 Å². The van der Waals surface area contributed by atoms with E-state index in [1.807, 2.05) is 37.1 Å². The fourth-order valence-corrected chi connectivity index (χ4v) is 1.77. The molecule has 112 valence electrons. The molecule has 0 saturated carbocycles. The molecule has 1 aromatic heterocycles. The number of aromatic nitrogens is 1. The van der Waals surface area contributed by atoms with Crippen LogP contribution < -0.4 is 10.6 Å². The lowest BCUT2D eigenvalue weighted by atomic mass is 10.3. The van der Waals surface area contributed by atoms with Crippen LogP contribution in [0.2, 0.25) is 0 Å². The van der Waals surface area contributed by atoms with Crippen molar-refractivity contribution in [3.05, 3.63) is 23.9 Å². The molecular formula is C14H24N4O2. The van der Waals surface area contributed by atoms with E-state index in [-0.39, 0.29) is 5.91 Å². The molecule has 0 spiro atoms. The maximum absolute atomic E-state index is 11.6. The third-order valence-electron chi connectivity index (χ3n) is 2.64. The quantitative estimate of drug-likeness (QED) is 0.652. The van der Waals surface area contributed by atoms with Gasteiger partial charge in [0.05, 0.1) is 18.8 Å². The summed E-state index contributed by atoms with van der Waals surface area (Å²) in [5.74, 6) is 0.857. The smallest absolute Gasteiger partial charge is 0.234 e. The van der Waals surface area contributed by atoms with E-state index in [2.05, 4.69) is 15.6 Å². The molecule has 0 aliphatic heterocycles. The molecule has 6 heteroatoms. The summed E-state index contributed by atoms with van der Waals surface area (Å²) in [6, 6.07) is 5.86.